The number of halogens is 1. The van der Waals surface area contributed by atoms with E-state index in [4.69, 9.17) is 0 Å². The van der Waals surface area contributed by atoms with Crippen LogP contribution in [0, 0.1) is 3.57 Å². The third-order valence-corrected chi connectivity index (χ3v) is 3.58. The van der Waals surface area contributed by atoms with Crippen LogP contribution in [-0.4, -0.2) is 13.4 Å². The van der Waals surface area contributed by atoms with Gasteiger partial charge in [0.05, 0.1) is 10.6 Å². The minimum atomic E-state index is -3.18. The van der Waals surface area contributed by atoms with E-state index in [0.29, 0.717) is 10.6 Å². The van der Waals surface area contributed by atoms with E-state index >= 15 is 0 Å². The van der Waals surface area contributed by atoms with Crippen molar-refractivity contribution in [2.24, 2.45) is 0 Å². The van der Waals surface area contributed by atoms with E-state index in [-0.39, 0.29) is 0 Å². The zero-order valence-corrected chi connectivity index (χ0v) is 8.83. The lowest BCUT2D eigenvalue weighted by atomic mass is 10.3. The first kappa shape index (κ1) is 8.18. The van der Waals surface area contributed by atoms with Crippen molar-refractivity contribution in [1.82, 2.24) is 4.98 Å². The molecule has 0 saturated carbocycles. The molecule has 12 heavy (non-hydrogen) atoms. The van der Waals surface area contributed by atoms with E-state index in [0.717, 1.165) is 3.57 Å². The topological polar surface area (TPSA) is 47.0 Å². The van der Waals surface area contributed by atoms with Crippen molar-refractivity contribution < 1.29 is 8.42 Å². The monoisotopic (exact) mass is 293 g/mol. The number of pyridine rings is 1. The molecule has 2 heterocycles. The van der Waals surface area contributed by atoms with Crippen LogP contribution in [0.3, 0.4) is 0 Å². The molecule has 1 aromatic rings. The average molecular weight is 293 g/mol. The highest BCUT2D eigenvalue weighted by atomic mass is 127. The number of rotatable bonds is 0. The van der Waals surface area contributed by atoms with Gasteiger partial charge in [-0.1, -0.05) is 0 Å². The van der Waals surface area contributed by atoms with Crippen molar-refractivity contribution in [2.75, 3.05) is 0 Å². The highest BCUT2D eigenvalue weighted by molar-refractivity contribution is 14.1. The third-order valence-electron chi connectivity index (χ3n) is 1.56. The Balaban J connectivity index is 2.80. The summed E-state index contributed by atoms with van der Waals surface area (Å²) < 4.78 is 23.4. The molecule has 0 fully saturated rings. The van der Waals surface area contributed by atoms with Gasteiger partial charge in [0.25, 0.3) is 0 Å². The van der Waals surface area contributed by atoms with Gasteiger partial charge in [0.2, 0.25) is 9.84 Å². The van der Waals surface area contributed by atoms with E-state index in [1.165, 1.54) is 11.5 Å². The number of hydrogen-bond acceptors (Lipinski definition) is 3. The number of fused-ring (bicyclic) bond motifs is 1. The zero-order chi connectivity index (χ0) is 8.77. The molecule has 0 N–H and O–H groups in total. The Labute approximate surface area is 83.6 Å². The molecule has 62 valence electrons. The Bertz CT molecular complexity index is 464. The maximum Gasteiger partial charge on any atom is 0.202 e. The summed E-state index contributed by atoms with van der Waals surface area (Å²) in [5.74, 6) is 0. The van der Waals surface area contributed by atoms with Gasteiger partial charge in [-0.05, 0) is 34.7 Å². The lowest BCUT2D eigenvalue weighted by Crippen LogP contribution is -1.95. The van der Waals surface area contributed by atoms with Gasteiger partial charge < -0.3 is 0 Å². The number of sulfone groups is 1. The average Bonchev–Trinajstić information content (AvgIpc) is 2.28. The van der Waals surface area contributed by atoms with E-state index in [9.17, 15) is 8.42 Å². The Morgan fingerprint density at radius 1 is 1.42 bits per heavy atom. The Hall–Kier alpha value is -0.430. The highest BCUT2D eigenvalue weighted by Gasteiger charge is 2.21. The van der Waals surface area contributed by atoms with Gasteiger partial charge in [-0.3, -0.25) is 4.98 Å². The summed E-state index contributed by atoms with van der Waals surface area (Å²) >= 11 is 2.04. The van der Waals surface area contributed by atoms with Gasteiger partial charge in [-0.25, -0.2) is 8.42 Å². The molecule has 0 radical (unpaired) electrons. The Morgan fingerprint density at radius 3 is 2.92 bits per heavy atom. The minimum Gasteiger partial charge on any atom is -0.254 e. The fourth-order valence-electron chi connectivity index (χ4n) is 1.01. The molecular formula is C7H4INO2S. The molecular weight excluding hydrogens is 289 g/mol. The zero-order valence-electron chi connectivity index (χ0n) is 5.86. The van der Waals surface area contributed by atoms with E-state index in [2.05, 4.69) is 4.98 Å². The summed E-state index contributed by atoms with van der Waals surface area (Å²) in [5.41, 5.74) is 0.537. The fourth-order valence-corrected chi connectivity index (χ4v) is 2.83. The summed E-state index contributed by atoms with van der Waals surface area (Å²) in [6.45, 7) is 0. The SMILES string of the molecule is O=S1(=O)C=Cc2ncc(I)cc21. The molecule has 0 saturated heterocycles. The van der Waals surface area contributed by atoms with Crippen LogP contribution in [0.5, 0.6) is 0 Å². The summed E-state index contributed by atoms with van der Waals surface area (Å²) in [4.78, 5) is 4.30. The molecule has 0 spiro atoms. The number of aromatic nitrogens is 1. The van der Waals surface area contributed by atoms with Crippen molar-refractivity contribution in [3.05, 3.63) is 26.9 Å². The predicted octanol–water partition coefficient (Wildman–Crippen LogP) is 1.44. The molecule has 1 aliphatic heterocycles. The molecule has 0 aromatic carbocycles. The minimum absolute atomic E-state index is 0.314. The van der Waals surface area contributed by atoms with E-state index in [1.807, 2.05) is 22.6 Å². The number of hydrogen-bond donors (Lipinski definition) is 0. The van der Waals surface area contributed by atoms with Gasteiger partial charge in [-0.2, -0.15) is 0 Å². The van der Waals surface area contributed by atoms with Gasteiger partial charge in [0.15, 0.2) is 0 Å². The molecule has 1 aromatic heterocycles. The molecule has 0 aliphatic carbocycles. The quantitative estimate of drug-likeness (QED) is 0.680. The third kappa shape index (κ3) is 1.16. The molecule has 5 heteroatoms. The van der Waals surface area contributed by atoms with E-state index < -0.39 is 9.84 Å². The van der Waals surface area contributed by atoms with Crippen LogP contribution in [0.2, 0.25) is 0 Å². The Kier molecular flexibility index (Phi) is 1.72. The largest absolute Gasteiger partial charge is 0.254 e. The Morgan fingerprint density at radius 2 is 2.17 bits per heavy atom. The van der Waals surface area contributed by atoms with Gasteiger partial charge in [0, 0.05) is 15.2 Å². The summed E-state index contributed by atoms with van der Waals surface area (Å²) in [6, 6.07) is 1.62. The van der Waals surface area contributed by atoms with Crippen molar-refractivity contribution in [3.63, 3.8) is 0 Å². The molecule has 0 amide bonds. The van der Waals surface area contributed by atoms with Crippen LogP contribution in [0.4, 0.5) is 0 Å². The summed E-state index contributed by atoms with van der Waals surface area (Å²) in [7, 11) is -3.18. The van der Waals surface area contributed by atoms with Gasteiger partial charge >= 0.3 is 0 Å². The van der Waals surface area contributed by atoms with Crippen molar-refractivity contribution in [2.45, 2.75) is 4.90 Å². The second-order valence-electron chi connectivity index (χ2n) is 2.38. The van der Waals surface area contributed by atoms with Crippen LogP contribution >= 0.6 is 22.6 Å². The smallest absolute Gasteiger partial charge is 0.202 e. The standard InChI is InChI=1S/C7H4INO2S/c8-5-3-7-6(9-4-5)1-2-12(7,10)11/h1-4H. The molecule has 3 nitrogen and oxygen atoms in total. The molecule has 0 unspecified atom stereocenters. The van der Waals surface area contributed by atoms with Gasteiger partial charge in [-0.15, -0.1) is 0 Å². The molecule has 1 aliphatic rings. The van der Waals surface area contributed by atoms with E-state index in [1.54, 1.807) is 12.3 Å². The van der Waals surface area contributed by atoms with Crippen molar-refractivity contribution in [3.8, 4) is 0 Å². The molecule has 0 bridgehead atoms. The summed E-state index contributed by atoms with van der Waals surface area (Å²) in [6.07, 6.45) is 3.16. The van der Waals surface area contributed by atoms with Crippen LogP contribution < -0.4 is 0 Å². The lowest BCUT2D eigenvalue weighted by Gasteiger charge is -1.96. The van der Waals surface area contributed by atoms with Crippen LogP contribution in [0.1, 0.15) is 5.69 Å². The lowest BCUT2D eigenvalue weighted by molar-refractivity contribution is 0.605. The molecule has 0 atom stereocenters. The maximum atomic E-state index is 11.3. The number of nitrogens with zero attached hydrogens (tertiary/aromatic N) is 1. The first-order valence-electron chi connectivity index (χ1n) is 3.18. The van der Waals surface area contributed by atoms with Crippen molar-refractivity contribution >= 4 is 38.5 Å². The predicted molar refractivity (Wildman–Crippen MR) is 53.2 cm³/mol. The second kappa shape index (κ2) is 2.53. The second-order valence-corrected chi connectivity index (χ2v) is 5.43. The summed E-state index contributed by atoms with van der Waals surface area (Å²) in [5, 5.41) is 1.18. The van der Waals surface area contributed by atoms with Crippen LogP contribution in [0.25, 0.3) is 6.08 Å². The highest BCUT2D eigenvalue weighted by Crippen LogP contribution is 2.25. The van der Waals surface area contributed by atoms with Crippen LogP contribution in [-0.2, 0) is 9.84 Å². The van der Waals surface area contributed by atoms with Crippen molar-refractivity contribution in [1.29, 1.82) is 0 Å². The first-order chi connectivity index (χ1) is 5.59. The fraction of sp³-hybridized carbons (Fsp3) is 0. The maximum absolute atomic E-state index is 11.3. The molecule has 2 rings (SSSR count). The first-order valence-corrected chi connectivity index (χ1v) is 5.81. The van der Waals surface area contributed by atoms with Gasteiger partial charge in [0.1, 0.15) is 0 Å². The van der Waals surface area contributed by atoms with Crippen LogP contribution in [0.15, 0.2) is 22.6 Å². The normalized spacial score (nSPS) is 17.8.